The molecule has 1 heterocycles. The summed E-state index contributed by atoms with van der Waals surface area (Å²) in [6, 6.07) is 5.37. The number of halogens is 3. The second-order valence-corrected chi connectivity index (χ2v) is 10.6. The topological polar surface area (TPSA) is 36.3 Å². The molecule has 180 valence electrons. The molecule has 0 bridgehead atoms. The Bertz CT molecular complexity index is 1140. The fourth-order valence-corrected chi connectivity index (χ4v) is 6.45. The van der Waals surface area contributed by atoms with Crippen LogP contribution in [0.25, 0.3) is 0 Å². The number of benzene rings is 1. The zero-order valence-corrected chi connectivity index (χ0v) is 20.4. The van der Waals surface area contributed by atoms with Gasteiger partial charge in [0, 0.05) is 29.1 Å². The standard InChI is InChI=1S/C28H31F3N2O/c1-7-9-19-16-33(23(17-10-11-17)21(19)8-2)24-26(3,4)25(27(24,5)6)34-20-13-12-18(15-32)22(14-20)28(29,30)31/h7-9,12-14,24-25H,1,10-11,16H2,2-6H3/b19-9-,21-8+. The monoisotopic (exact) mass is 468 g/mol. The molecular formula is C28H31F3N2O. The van der Waals surface area contributed by atoms with Gasteiger partial charge in [-0.2, -0.15) is 18.4 Å². The Morgan fingerprint density at radius 2 is 1.82 bits per heavy atom. The Labute approximate surface area is 199 Å². The number of alkyl halides is 3. The van der Waals surface area contributed by atoms with Crippen LogP contribution in [0.4, 0.5) is 13.2 Å². The van der Waals surface area contributed by atoms with Crippen LogP contribution < -0.4 is 4.74 Å². The summed E-state index contributed by atoms with van der Waals surface area (Å²) in [7, 11) is 0. The maximum Gasteiger partial charge on any atom is 0.417 e. The Morgan fingerprint density at radius 1 is 1.18 bits per heavy atom. The Balaban J connectivity index is 1.67. The van der Waals surface area contributed by atoms with Crippen molar-refractivity contribution < 1.29 is 17.9 Å². The molecule has 2 saturated carbocycles. The molecular weight excluding hydrogens is 437 g/mol. The average molecular weight is 469 g/mol. The van der Waals surface area contributed by atoms with Gasteiger partial charge in [0.15, 0.2) is 0 Å². The Hall–Kier alpha value is -2.94. The van der Waals surface area contributed by atoms with E-state index in [1.54, 1.807) is 6.07 Å². The zero-order chi connectivity index (χ0) is 25.1. The lowest BCUT2D eigenvalue weighted by Crippen LogP contribution is -2.74. The smallest absolute Gasteiger partial charge is 0.417 e. The summed E-state index contributed by atoms with van der Waals surface area (Å²) >= 11 is 0. The van der Waals surface area contributed by atoms with Crippen molar-refractivity contribution >= 4 is 0 Å². The highest BCUT2D eigenvalue weighted by molar-refractivity contribution is 5.57. The van der Waals surface area contributed by atoms with Gasteiger partial charge in [-0.3, -0.25) is 0 Å². The molecule has 0 unspecified atom stereocenters. The van der Waals surface area contributed by atoms with Gasteiger partial charge in [-0.05, 0) is 54.7 Å². The van der Waals surface area contributed by atoms with Gasteiger partial charge in [0.25, 0.3) is 0 Å². The minimum Gasteiger partial charge on any atom is -0.489 e. The molecule has 34 heavy (non-hydrogen) atoms. The second-order valence-electron chi connectivity index (χ2n) is 10.6. The lowest BCUT2D eigenvalue weighted by Gasteiger charge is -2.66. The van der Waals surface area contributed by atoms with Gasteiger partial charge in [-0.1, -0.05) is 52.5 Å². The van der Waals surface area contributed by atoms with E-state index in [1.807, 2.05) is 6.08 Å². The van der Waals surface area contributed by atoms with Crippen LogP contribution in [0.5, 0.6) is 5.75 Å². The number of nitriles is 1. The van der Waals surface area contributed by atoms with Crippen molar-refractivity contribution in [2.45, 2.75) is 65.8 Å². The minimum atomic E-state index is -4.62. The van der Waals surface area contributed by atoms with Crippen molar-refractivity contribution in [2.24, 2.45) is 10.8 Å². The lowest BCUT2D eigenvalue weighted by atomic mass is 9.48. The minimum absolute atomic E-state index is 0.138. The van der Waals surface area contributed by atoms with Crippen LogP contribution >= 0.6 is 0 Å². The molecule has 0 radical (unpaired) electrons. The van der Waals surface area contributed by atoms with Gasteiger partial charge in [-0.25, -0.2) is 0 Å². The van der Waals surface area contributed by atoms with Gasteiger partial charge in [0.2, 0.25) is 0 Å². The summed E-state index contributed by atoms with van der Waals surface area (Å²) in [6.07, 6.45) is 3.34. The molecule has 3 fully saturated rings. The third-order valence-corrected chi connectivity index (χ3v) is 7.42. The van der Waals surface area contributed by atoms with Crippen LogP contribution in [0.15, 0.2) is 65.4 Å². The van der Waals surface area contributed by atoms with Gasteiger partial charge >= 0.3 is 6.18 Å². The number of allylic oxidation sites excluding steroid dienone is 5. The molecule has 6 heteroatoms. The predicted molar refractivity (Wildman–Crippen MR) is 127 cm³/mol. The third kappa shape index (κ3) is 3.76. The van der Waals surface area contributed by atoms with Crippen molar-refractivity contribution in [3.8, 4) is 11.8 Å². The molecule has 1 aliphatic heterocycles. The van der Waals surface area contributed by atoms with E-state index < -0.39 is 17.3 Å². The fraction of sp³-hybridized carbons (Fsp3) is 0.464. The van der Waals surface area contributed by atoms with Crippen LogP contribution in [0.1, 0.15) is 58.6 Å². The molecule has 0 spiro atoms. The van der Waals surface area contributed by atoms with Crippen molar-refractivity contribution in [3.05, 3.63) is 76.5 Å². The largest absolute Gasteiger partial charge is 0.489 e. The van der Waals surface area contributed by atoms with E-state index in [0.29, 0.717) is 0 Å². The molecule has 3 aliphatic rings. The van der Waals surface area contributed by atoms with E-state index in [1.165, 1.54) is 34.5 Å². The highest BCUT2D eigenvalue weighted by Crippen LogP contribution is 2.61. The molecule has 3 nitrogen and oxygen atoms in total. The quantitative estimate of drug-likeness (QED) is 0.470. The molecule has 1 aromatic carbocycles. The molecule has 4 rings (SSSR count). The van der Waals surface area contributed by atoms with E-state index in [4.69, 9.17) is 10.00 Å². The molecule has 0 N–H and O–H groups in total. The SMILES string of the molecule is C=C/C=C1/CN(C2C(C)(C)C(Oc3ccc(C#N)c(C(F)(F)F)c3)C2(C)C)C(=C2CC2)/C1=C/C. The zero-order valence-electron chi connectivity index (χ0n) is 20.4. The molecule has 0 aromatic heterocycles. The third-order valence-electron chi connectivity index (χ3n) is 7.42. The van der Waals surface area contributed by atoms with Crippen LogP contribution in [0, 0.1) is 22.2 Å². The lowest BCUT2D eigenvalue weighted by molar-refractivity contribution is -0.199. The molecule has 1 saturated heterocycles. The molecule has 0 amide bonds. The van der Waals surface area contributed by atoms with Crippen molar-refractivity contribution in [3.63, 3.8) is 0 Å². The van der Waals surface area contributed by atoms with Gasteiger partial charge < -0.3 is 9.64 Å². The van der Waals surface area contributed by atoms with Crippen LogP contribution in [0.3, 0.4) is 0 Å². The fourth-order valence-electron chi connectivity index (χ4n) is 6.45. The number of nitrogens with zero attached hydrogens (tertiary/aromatic N) is 2. The van der Waals surface area contributed by atoms with E-state index >= 15 is 0 Å². The van der Waals surface area contributed by atoms with Crippen LogP contribution in [-0.4, -0.2) is 23.6 Å². The van der Waals surface area contributed by atoms with E-state index in [9.17, 15) is 13.2 Å². The summed E-state index contributed by atoms with van der Waals surface area (Å²) in [6.45, 7) is 15.2. The van der Waals surface area contributed by atoms with Gasteiger partial charge in [-0.15, -0.1) is 0 Å². The Kier molecular flexibility index (Phi) is 5.75. The molecule has 1 aromatic rings. The van der Waals surface area contributed by atoms with Gasteiger partial charge in [0.1, 0.15) is 11.9 Å². The van der Waals surface area contributed by atoms with E-state index in [-0.39, 0.29) is 28.7 Å². The van der Waals surface area contributed by atoms with Crippen LogP contribution in [0.2, 0.25) is 0 Å². The van der Waals surface area contributed by atoms with Crippen molar-refractivity contribution in [1.29, 1.82) is 5.26 Å². The van der Waals surface area contributed by atoms with E-state index in [0.717, 1.165) is 25.5 Å². The summed E-state index contributed by atoms with van der Waals surface area (Å²) in [5, 5.41) is 9.09. The number of likely N-dealkylation sites (tertiary alicyclic amines) is 1. The summed E-state index contributed by atoms with van der Waals surface area (Å²) < 4.78 is 46.7. The first kappa shape index (κ1) is 24.2. The molecule has 2 aliphatic carbocycles. The first-order valence-corrected chi connectivity index (χ1v) is 11.6. The van der Waals surface area contributed by atoms with Crippen molar-refractivity contribution in [2.75, 3.05) is 6.54 Å². The Morgan fingerprint density at radius 3 is 2.32 bits per heavy atom. The maximum atomic E-state index is 13.5. The number of ether oxygens (including phenoxy) is 1. The molecule has 0 atom stereocenters. The highest BCUT2D eigenvalue weighted by Gasteiger charge is 2.66. The summed E-state index contributed by atoms with van der Waals surface area (Å²) in [4.78, 5) is 2.48. The highest BCUT2D eigenvalue weighted by atomic mass is 19.4. The van der Waals surface area contributed by atoms with E-state index in [2.05, 4.69) is 58.2 Å². The maximum absolute atomic E-state index is 13.5. The first-order valence-electron chi connectivity index (χ1n) is 11.6. The van der Waals surface area contributed by atoms with Gasteiger partial charge in [0.05, 0.1) is 17.2 Å². The second kappa shape index (κ2) is 8.08. The number of hydrogen-bond acceptors (Lipinski definition) is 3. The normalized spacial score (nSPS) is 27.6. The average Bonchev–Trinajstić information content (AvgIpc) is 3.53. The number of hydrogen-bond donors (Lipinski definition) is 0. The predicted octanol–water partition coefficient (Wildman–Crippen LogP) is 7.18. The number of rotatable bonds is 4. The summed E-state index contributed by atoms with van der Waals surface area (Å²) in [5.41, 5.74) is 3.25. The summed E-state index contributed by atoms with van der Waals surface area (Å²) in [5.74, 6) is 0.138. The van der Waals surface area contributed by atoms with Crippen LogP contribution in [-0.2, 0) is 6.18 Å². The van der Waals surface area contributed by atoms with Crippen molar-refractivity contribution in [1.82, 2.24) is 4.90 Å². The first-order chi connectivity index (χ1) is 15.9.